The quantitative estimate of drug-likeness (QED) is 0.712. The first kappa shape index (κ1) is 12.8. The van der Waals surface area contributed by atoms with Crippen LogP contribution in [0.5, 0.6) is 0 Å². The van der Waals surface area contributed by atoms with Gasteiger partial charge in [-0.3, -0.25) is 9.36 Å². The molecule has 1 aromatic heterocycles. The summed E-state index contributed by atoms with van der Waals surface area (Å²) in [6.45, 7) is 1.29. The van der Waals surface area contributed by atoms with E-state index < -0.39 is 5.69 Å². The monoisotopic (exact) mass is 253 g/mol. The smallest absolute Gasteiger partial charge is 0.346 e. The maximum Gasteiger partial charge on any atom is 0.346 e. The highest BCUT2D eigenvalue weighted by molar-refractivity contribution is 5.38. The summed E-state index contributed by atoms with van der Waals surface area (Å²) in [6, 6.07) is 0.370. The van der Waals surface area contributed by atoms with Crippen molar-refractivity contribution < 1.29 is 0 Å². The Morgan fingerprint density at radius 1 is 1.39 bits per heavy atom. The second-order valence-electron chi connectivity index (χ2n) is 4.66. The lowest BCUT2D eigenvalue weighted by Crippen LogP contribution is -2.44. The number of nitrogens with zero attached hydrogens (tertiary/aromatic N) is 4. The summed E-state index contributed by atoms with van der Waals surface area (Å²) in [7, 11) is 3.03. The van der Waals surface area contributed by atoms with Gasteiger partial charge in [0.15, 0.2) is 0 Å². The molecule has 7 heteroatoms. The van der Waals surface area contributed by atoms with Crippen LogP contribution in [0, 0.1) is 0 Å². The molecule has 1 aliphatic carbocycles. The van der Waals surface area contributed by atoms with E-state index in [1.165, 1.54) is 11.7 Å². The summed E-state index contributed by atoms with van der Waals surface area (Å²) in [6.07, 6.45) is 2.95. The van der Waals surface area contributed by atoms with Crippen molar-refractivity contribution in [2.45, 2.75) is 25.3 Å². The Labute approximate surface area is 105 Å². The first-order valence-electron chi connectivity index (χ1n) is 6.17. The fourth-order valence-corrected chi connectivity index (χ4v) is 1.97. The van der Waals surface area contributed by atoms with Gasteiger partial charge in [-0.25, -0.2) is 9.48 Å². The molecule has 1 fully saturated rings. The molecule has 0 atom stereocenters. The lowest BCUT2D eigenvalue weighted by atomic mass is 10.3. The third-order valence-corrected chi connectivity index (χ3v) is 3.17. The Bertz CT molecular complexity index is 543. The molecule has 0 aromatic carbocycles. The lowest BCUT2D eigenvalue weighted by Gasteiger charge is -2.22. The molecule has 1 heterocycles. The predicted octanol–water partition coefficient (Wildman–Crippen LogP) is -1.20. The van der Waals surface area contributed by atoms with E-state index >= 15 is 0 Å². The van der Waals surface area contributed by atoms with Crippen molar-refractivity contribution in [3.63, 3.8) is 0 Å². The highest BCUT2D eigenvalue weighted by atomic mass is 16.2. The number of hydrogen-bond donors (Lipinski definition) is 1. The van der Waals surface area contributed by atoms with Gasteiger partial charge in [-0.1, -0.05) is 0 Å². The van der Waals surface area contributed by atoms with Crippen molar-refractivity contribution in [3.05, 3.63) is 20.8 Å². The van der Waals surface area contributed by atoms with E-state index in [0.717, 1.165) is 23.8 Å². The van der Waals surface area contributed by atoms with Crippen LogP contribution in [-0.2, 0) is 14.1 Å². The molecule has 0 unspecified atom stereocenters. The predicted molar refractivity (Wildman–Crippen MR) is 68.8 cm³/mol. The Kier molecular flexibility index (Phi) is 3.51. The van der Waals surface area contributed by atoms with Gasteiger partial charge in [0.2, 0.25) is 5.82 Å². The van der Waals surface area contributed by atoms with Crippen LogP contribution in [0.4, 0.5) is 5.82 Å². The van der Waals surface area contributed by atoms with Crippen molar-refractivity contribution in [2.24, 2.45) is 19.8 Å². The third kappa shape index (κ3) is 2.31. The maximum absolute atomic E-state index is 12.1. The van der Waals surface area contributed by atoms with Crippen LogP contribution in [0.3, 0.4) is 0 Å². The van der Waals surface area contributed by atoms with Gasteiger partial charge >= 0.3 is 5.69 Å². The molecule has 0 bridgehead atoms. The molecule has 2 rings (SSSR count). The highest BCUT2D eigenvalue weighted by Gasteiger charge is 2.31. The molecule has 1 saturated carbocycles. The van der Waals surface area contributed by atoms with Crippen LogP contribution in [0.1, 0.15) is 19.3 Å². The van der Waals surface area contributed by atoms with E-state index in [1.54, 1.807) is 7.05 Å². The first-order valence-corrected chi connectivity index (χ1v) is 6.17. The van der Waals surface area contributed by atoms with Gasteiger partial charge in [0.05, 0.1) is 0 Å². The maximum atomic E-state index is 12.1. The number of aryl methyl sites for hydroxylation is 1. The van der Waals surface area contributed by atoms with Crippen LogP contribution in [-0.4, -0.2) is 33.5 Å². The molecule has 100 valence electrons. The van der Waals surface area contributed by atoms with Crippen LogP contribution in [0.2, 0.25) is 0 Å². The van der Waals surface area contributed by atoms with Crippen molar-refractivity contribution in [1.29, 1.82) is 0 Å². The fourth-order valence-electron chi connectivity index (χ4n) is 1.97. The van der Waals surface area contributed by atoms with Gasteiger partial charge in [-0.2, -0.15) is 0 Å². The summed E-state index contributed by atoms with van der Waals surface area (Å²) in [5.74, 6) is 0.357. The summed E-state index contributed by atoms with van der Waals surface area (Å²) >= 11 is 0. The largest absolute Gasteiger partial charge is 0.348 e. The first-order chi connectivity index (χ1) is 8.56. The molecule has 1 aromatic rings. The number of aromatic nitrogens is 3. The molecule has 0 amide bonds. The van der Waals surface area contributed by atoms with Crippen LogP contribution >= 0.6 is 0 Å². The van der Waals surface area contributed by atoms with E-state index in [2.05, 4.69) is 5.10 Å². The van der Waals surface area contributed by atoms with Crippen molar-refractivity contribution in [3.8, 4) is 0 Å². The van der Waals surface area contributed by atoms with Crippen molar-refractivity contribution >= 4 is 5.82 Å². The van der Waals surface area contributed by atoms with Gasteiger partial charge in [-0.05, 0) is 25.8 Å². The van der Waals surface area contributed by atoms with Crippen LogP contribution < -0.4 is 21.9 Å². The number of nitrogens with two attached hydrogens (primary N) is 1. The van der Waals surface area contributed by atoms with E-state index in [4.69, 9.17) is 5.73 Å². The molecule has 18 heavy (non-hydrogen) atoms. The Hall–Kier alpha value is -1.63. The number of hydrogen-bond acceptors (Lipinski definition) is 5. The second kappa shape index (κ2) is 4.93. The Morgan fingerprint density at radius 2 is 2.06 bits per heavy atom. The average molecular weight is 253 g/mol. The minimum Gasteiger partial charge on any atom is -0.348 e. The lowest BCUT2D eigenvalue weighted by molar-refractivity contribution is 0.582. The molecule has 7 nitrogen and oxygen atoms in total. The minimum absolute atomic E-state index is 0.331. The molecule has 0 radical (unpaired) electrons. The zero-order valence-electron chi connectivity index (χ0n) is 10.8. The fraction of sp³-hybridized carbons (Fsp3) is 0.727. The Morgan fingerprint density at radius 3 is 2.61 bits per heavy atom. The minimum atomic E-state index is -0.404. The second-order valence-corrected chi connectivity index (χ2v) is 4.66. The zero-order chi connectivity index (χ0) is 13.3. The van der Waals surface area contributed by atoms with Gasteiger partial charge in [0, 0.05) is 26.7 Å². The van der Waals surface area contributed by atoms with E-state index in [-0.39, 0.29) is 5.56 Å². The van der Waals surface area contributed by atoms with Crippen LogP contribution in [0.15, 0.2) is 9.59 Å². The molecule has 0 spiro atoms. The summed E-state index contributed by atoms with van der Waals surface area (Å²) in [5, 5.41) is 4.10. The molecule has 2 N–H and O–H groups in total. The molecular weight excluding hydrogens is 234 g/mol. The molecule has 0 saturated heterocycles. The molecular formula is C11H19N5O2. The number of rotatable bonds is 5. The van der Waals surface area contributed by atoms with Crippen molar-refractivity contribution in [2.75, 3.05) is 18.0 Å². The zero-order valence-corrected chi connectivity index (χ0v) is 10.8. The highest BCUT2D eigenvalue weighted by Crippen LogP contribution is 2.28. The van der Waals surface area contributed by atoms with Crippen molar-refractivity contribution in [1.82, 2.24) is 14.3 Å². The van der Waals surface area contributed by atoms with Gasteiger partial charge in [0.1, 0.15) is 0 Å². The van der Waals surface area contributed by atoms with Gasteiger partial charge < -0.3 is 10.6 Å². The normalized spacial score (nSPS) is 14.8. The van der Waals surface area contributed by atoms with Gasteiger partial charge in [0.25, 0.3) is 5.56 Å². The standard InChI is InChI=1S/C11H19N5O2/c1-14-10(17)9(13-15(2)11(14)18)16(7-3-6-12)8-4-5-8/h8H,3-7,12H2,1-2H3. The third-order valence-electron chi connectivity index (χ3n) is 3.17. The topological polar surface area (TPSA) is 86.2 Å². The summed E-state index contributed by atoms with van der Waals surface area (Å²) in [5.41, 5.74) is 4.78. The van der Waals surface area contributed by atoms with Crippen LogP contribution in [0.25, 0.3) is 0 Å². The van der Waals surface area contributed by atoms with E-state index in [1.807, 2.05) is 4.90 Å². The molecule has 1 aliphatic rings. The summed E-state index contributed by atoms with van der Waals surface area (Å²) in [4.78, 5) is 25.7. The average Bonchev–Trinajstić information content (AvgIpc) is 3.17. The SMILES string of the molecule is Cn1nc(N(CCCN)C2CC2)c(=O)n(C)c1=O. The van der Waals surface area contributed by atoms with Gasteiger partial charge in [-0.15, -0.1) is 5.10 Å². The Balaban J connectivity index is 2.41. The van der Waals surface area contributed by atoms with E-state index in [9.17, 15) is 9.59 Å². The molecule has 0 aliphatic heterocycles. The van der Waals surface area contributed by atoms with E-state index in [0.29, 0.717) is 24.9 Å². The summed E-state index contributed by atoms with van der Waals surface area (Å²) < 4.78 is 2.30. The number of anilines is 1.